The van der Waals surface area contributed by atoms with Crippen LogP contribution in [0, 0.1) is 0 Å². The third-order valence-electron chi connectivity index (χ3n) is 3.34. The molecule has 0 spiro atoms. The molecule has 0 bridgehead atoms. The molecule has 2 N–H and O–H groups in total. The molecule has 1 aromatic heterocycles. The molecule has 4 heteroatoms. The second-order valence-corrected chi connectivity index (χ2v) is 4.46. The fourth-order valence-electron chi connectivity index (χ4n) is 2.33. The van der Waals surface area contributed by atoms with Crippen molar-refractivity contribution >= 4 is 16.7 Å². The van der Waals surface area contributed by atoms with Crippen molar-refractivity contribution in [1.82, 2.24) is 4.98 Å². The maximum atomic E-state index is 5.77. The summed E-state index contributed by atoms with van der Waals surface area (Å²) in [6, 6.07) is 10.3. The number of nitrogens with zero attached hydrogens (tertiary/aromatic N) is 2. The van der Waals surface area contributed by atoms with Gasteiger partial charge in [0.15, 0.2) is 0 Å². The number of ether oxygens (including phenoxy) is 1. The molecule has 0 radical (unpaired) electrons. The Kier molecular flexibility index (Phi) is 3.13. The lowest BCUT2D eigenvalue weighted by Gasteiger charge is -2.28. The zero-order valence-electron chi connectivity index (χ0n) is 10.3. The van der Waals surface area contributed by atoms with E-state index in [4.69, 9.17) is 15.5 Å². The first kappa shape index (κ1) is 11.4. The van der Waals surface area contributed by atoms with E-state index in [9.17, 15) is 0 Å². The first-order chi connectivity index (χ1) is 8.88. The van der Waals surface area contributed by atoms with Gasteiger partial charge in [-0.3, -0.25) is 0 Å². The lowest BCUT2D eigenvalue weighted by atomic mass is 10.1. The van der Waals surface area contributed by atoms with E-state index < -0.39 is 0 Å². The molecule has 1 aliphatic rings. The Bertz CT molecular complexity index is 550. The number of anilines is 1. The Balaban J connectivity index is 2.03. The number of benzene rings is 1. The monoisotopic (exact) mass is 243 g/mol. The van der Waals surface area contributed by atoms with Gasteiger partial charge in [0.25, 0.3) is 0 Å². The van der Waals surface area contributed by atoms with Gasteiger partial charge in [0.05, 0.1) is 18.7 Å². The minimum atomic E-state index is 0.525. The number of rotatable bonds is 2. The van der Waals surface area contributed by atoms with Gasteiger partial charge in [-0.1, -0.05) is 18.2 Å². The molecule has 0 aliphatic carbocycles. The van der Waals surface area contributed by atoms with Crippen LogP contribution in [0.2, 0.25) is 0 Å². The second-order valence-electron chi connectivity index (χ2n) is 4.46. The molecule has 1 aromatic carbocycles. The molecule has 0 atom stereocenters. The maximum Gasteiger partial charge on any atom is 0.129 e. The molecule has 1 aliphatic heterocycles. The number of hydrogen-bond acceptors (Lipinski definition) is 4. The topological polar surface area (TPSA) is 51.4 Å². The van der Waals surface area contributed by atoms with Crippen molar-refractivity contribution in [1.29, 1.82) is 0 Å². The van der Waals surface area contributed by atoms with Crippen LogP contribution in [0.25, 0.3) is 10.9 Å². The van der Waals surface area contributed by atoms with Crippen LogP contribution in [0.4, 0.5) is 5.82 Å². The Labute approximate surface area is 106 Å². The molecule has 0 amide bonds. The van der Waals surface area contributed by atoms with Gasteiger partial charge in [-0.05, 0) is 17.7 Å². The second kappa shape index (κ2) is 4.92. The van der Waals surface area contributed by atoms with Crippen LogP contribution in [-0.2, 0) is 11.3 Å². The molecule has 1 fully saturated rings. The standard InChI is InChI=1S/C14H17N3O/c15-10-12-3-1-2-11-4-5-13(16-14(11)12)17-6-8-18-9-7-17/h1-5H,6-10,15H2. The Morgan fingerprint density at radius 1 is 1.17 bits per heavy atom. The zero-order valence-corrected chi connectivity index (χ0v) is 10.3. The number of nitrogens with two attached hydrogens (primary N) is 1. The molecule has 3 rings (SSSR count). The molecule has 2 heterocycles. The van der Waals surface area contributed by atoms with Gasteiger partial charge in [0.1, 0.15) is 5.82 Å². The van der Waals surface area contributed by atoms with E-state index in [-0.39, 0.29) is 0 Å². The maximum absolute atomic E-state index is 5.77. The van der Waals surface area contributed by atoms with Crippen molar-refractivity contribution < 1.29 is 4.74 Å². The highest BCUT2D eigenvalue weighted by Gasteiger charge is 2.13. The minimum Gasteiger partial charge on any atom is -0.378 e. The van der Waals surface area contributed by atoms with Crippen LogP contribution in [0.15, 0.2) is 30.3 Å². The summed E-state index contributed by atoms with van der Waals surface area (Å²) in [6.45, 7) is 3.89. The van der Waals surface area contributed by atoms with Gasteiger partial charge in [0, 0.05) is 25.0 Å². The molecule has 0 unspecified atom stereocenters. The molecule has 1 saturated heterocycles. The van der Waals surface area contributed by atoms with Crippen molar-refractivity contribution in [3.63, 3.8) is 0 Å². The van der Waals surface area contributed by atoms with E-state index in [1.807, 2.05) is 12.1 Å². The lowest BCUT2D eigenvalue weighted by Crippen LogP contribution is -2.36. The number of morpholine rings is 1. The van der Waals surface area contributed by atoms with Crippen molar-refractivity contribution in [3.05, 3.63) is 35.9 Å². The summed E-state index contributed by atoms with van der Waals surface area (Å²) in [5.74, 6) is 1.02. The molecular formula is C14H17N3O. The van der Waals surface area contributed by atoms with E-state index >= 15 is 0 Å². The largest absolute Gasteiger partial charge is 0.378 e. The normalized spacial score (nSPS) is 16.2. The highest BCUT2D eigenvalue weighted by atomic mass is 16.5. The average molecular weight is 243 g/mol. The van der Waals surface area contributed by atoms with E-state index in [1.54, 1.807) is 0 Å². The van der Waals surface area contributed by atoms with Crippen LogP contribution in [0.3, 0.4) is 0 Å². The van der Waals surface area contributed by atoms with Crippen molar-refractivity contribution in [3.8, 4) is 0 Å². The molecule has 18 heavy (non-hydrogen) atoms. The van der Waals surface area contributed by atoms with Crippen LogP contribution < -0.4 is 10.6 Å². The summed E-state index contributed by atoms with van der Waals surface area (Å²) in [5, 5.41) is 1.15. The smallest absolute Gasteiger partial charge is 0.129 e. The number of aromatic nitrogens is 1. The van der Waals surface area contributed by atoms with Crippen LogP contribution in [0.1, 0.15) is 5.56 Å². The average Bonchev–Trinajstić information content (AvgIpc) is 2.47. The van der Waals surface area contributed by atoms with E-state index in [1.165, 1.54) is 0 Å². The third kappa shape index (κ3) is 2.05. The van der Waals surface area contributed by atoms with Crippen LogP contribution in [-0.4, -0.2) is 31.3 Å². The predicted octanol–water partition coefficient (Wildman–Crippen LogP) is 1.53. The Morgan fingerprint density at radius 3 is 2.78 bits per heavy atom. The van der Waals surface area contributed by atoms with Crippen molar-refractivity contribution in [2.75, 3.05) is 31.2 Å². The molecule has 0 saturated carbocycles. The summed E-state index contributed by atoms with van der Waals surface area (Å²) in [4.78, 5) is 7.02. The highest BCUT2D eigenvalue weighted by molar-refractivity contribution is 5.83. The first-order valence-electron chi connectivity index (χ1n) is 6.30. The Morgan fingerprint density at radius 2 is 2.00 bits per heavy atom. The lowest BCUT2D eigenvalue weighted by molar-refractivity contribution is 0.122. The van der Waals surface area contributed by atoms with Crippen molar-refractivity contribution in [2.45, 2.75) is 6.54 Å². The van der Waals surface area contributed by atoms with Gasteiger partial charge in [-0.25, -0.2) is 4.98 Å². The summed E-state index contributed by atoms with van der Waals surface area (Å²) >= 11 is 0. The zero-order chi connectivity index (χ0) is 12.4. The highest BCUT2D eigenvalue weighted by Crippen LogP contribution is 2.21. The molecule has 94 valence electrons. The third-order valence-corrected chi connectivity index (χ3v) is 3.34. The number of fused-ring (bicyclic) bond motifs is 1. The number of hydrogen-bond donors (Lipinski definition) is 1. The number of pyridine rings is 1. The molecule has 4 nitrogen and oxygen atoms in total. The fraction of sp³-hybridized carbons (Fsp3) is 0.357. The van der Waals surface area contributed by atoms with E-state index in [2.05, 4.69) is 23.1 Å². The first-order valence-corrected chi connectivity index (χ1v) is 6.30. The van der Waals surface area contributed by atoms with E-state index in [0.717, 1.165) is 48.6 Å². The summed E-state index contributed by atoms with van der Waals surface area (Å²) in [7, 11) is 0. The fourth-order valence-corrected chi connectivity index (χ4v) is 2.33. The summed E-state index contributed by atoms with van der Waals surface area (Å²) in [5.41, 5.74) is 7.89. The van der Waals surface area contributed by atoms with Crippen LogP contribution >= 0.6 is 0 Å². The summed E-state index contributed by atoms with van der Waals surface area (Å²) < 4.78 is 5.36. The van der Waals surface area contributed by atoms with Gasteiger partial charge < -0.3 is 15.4 Å². The quantitative estimate of drug-likeness (QED) is 0.869. The van der Waals surface area contributed by atoms with Gasteiger partial charge in [0.2, 0.25) is 0 Å². The SMILES string of the molecule is NCc1cccc2ccc(N3CCOCC3)nc12. The van der Waals surface area contributed by atoms with Gasteiger partial charge in [-0.2, -0.15) is 0 Å². The summed E-state index contributed by atoms with van der Waals surface area (Å²) in [6.07, 6.45) is 0. The van der Waals surface area contributed by atoms with Gasteiger partial charge in [-0.15, -0.1) is 0 Å². The van der Waals surface area contributed by atoms with E-state index in [0.29, 0.717) is 6.54 Å². The molecular weight excluding hydrogens is 226 g/mol. The predicted molar refractivity (Wildman–Crippen MR) is 72.7 cm³/mol. The van der Waals surface area contributed by atoms with Crippen LogP contribution in [0.5, 0.6) is 0 Å². The number of para-hydroxylation sites is 1. The van der Waals surface area contributed by atoms with Gasteiger partial charge >= 0.3 is 0 Å². The Hall–Kier alpha value is -1.65. The van der Waals surface area contributed by atoms with Crippen molar-refractivity contribution in [2.24, 2.45) is 5.73 Å². The minimum absolute atomic E-state index is 0.525. The molecule has 2 aromatic rings.